The van der Waals surface area contributed by atoms with Crippen LogP contribution < -0.4 is 10.6 Å². The van der Waals surface area contributed by atoms with Gasteiger partial charge in [-0.3, -0.25) is 4.79 Å². The van der Waals surface area contributed by atoms with Crippen molar-refractivity contribution in [3.63, 3.8) is 0 Å². The zero-order valence-corrected chi connectivity index (χ0v) is 11.6. The number of ether oxygens (including phenoxy) is 1. The van der Waals surface area contributed by atoms with Gasteiger partial charge in [-0.1, -0.05) is 12.1 Å². The summed E-state index contributed by atoms with van der Waals surface area (Å²) in [7, 11) is 0. The van der Waals surface area contributed by atoms with E-state index in [4.69, 9.17) is 10.5 Å². The quantitative estimate of drug-likeness (QED) is 0.901. The van der Waals surface area contributed by atoms with Crippen LogP contribution in [0.15, 0.2) is 24.3 Å². The first-order valence-corrected chi connectivity index (χ1v) is 6.89. The molecule has 1 aromatic carbocycles. The molecule has 2 N–H and O–H groups in total. The maximum absolute atomic E-state index is 12.5. The van der Waals surface area contributed by atoms with Crippen LogP contribution in [-0.2, 0) is 9.53 Å². The average molecular weight is 262 g/mol. The summed E-state index contributed by atoms with van der Waals surface area (Å²) in [6.07, 6.45) is 1.33. The summed E-state index contributed by atoms with van der Waals surface area (Å²) >= 11 is 0. The first-order valence-electron chi connectivity index (χ1n) is 6.89. The number of nitrogens with zero attached hydrogens (tertiary/aromatic N) is 1. The molecule has 0 aromatic heterocycles. The first-order chi connectivity index (χ1) is 9.15. The number of anilines is 1. The van der Waals surface area contributed by atoms with Crippen LogP contribution in [0.4, 0.5) is 5.69 Å². The van der Waals surface area contributed by atoms with Crippen LogP contribution in [0.25, 0.3) is 0 Å². The molecule has 0 bridgehead atoms. The second-order valence-electron chi connectivity index (χ2n) is 4.98. The van der Waals surface area contributed by atoms with Gasteiger partial charge in [0.25, 0.3) is 5.91 Å². The number of likely N-dealkylation sites (N-methyl/N-ethyl adjacent to an activating group) is 1. The van der Waals surface area contributed by atoms with Crippen molar-refractivity contribution in [1.82, 2.24) is 0 Å². The van der Waals surface area contributed by atoms with E-state index in [1.165, 1.54) is 0 Å². The van der Waals surface area contributed by atoms with E-state index in [2.05, 4.69) is 0 Å². The summed E-state index contributed by atoms with van der Waals surface area (Å²) in [5.41, 5.74) is 7.67. The Morgan fingerprint density at radius 3 is 2.84 bits per heavy atom. The predicted molar refractivity (Wildman–Crippen MR) is 76.2 cm³/mol. The molecule has 0 radical (unpaired) electrons. The van der Waals surface area contributed by atoms with Gasteiger partial charge in [-0.15, -0.1) is 0 Å². The Morgan fingerprint density at radius 1 is 1.47 bits per heavy atom. The van der Waals surface area contributed by atoms with Crippen molar-refractivity contribution >= 4 is 11.6 Å². The Kier molecular flexibility index (Phi) is 4.56. The number of amides is 1. The van der Waals surface area contributed by atoms with Crippen LogP contribution in [0.5, 0.6) is 0 Å². The largest absolute Gasteiger partial charge is 0.364 e. The van der Waals surface area contributed by atoms with Gasteiger partial charge in [-0.05, 0) is 44.4 Å². The summed E-state index contributed by atoms with van der Waals surface area (Å²) in [4.78, 5) is 14.3. The molecular weight excluding hydrogens is 240 g/mol. The molecule has 0 saturated carbocycles. The molecule has 1 aromatic rings. The number of carbonyl (C=O) groups is 1. The fourth-order valence-electron chi connectivity index (χ4n) is 2.50. The highest BCUT2D eigenvalue weighted by Gasteiger charge is 2.32. The Bertz CT molecular complexity index is 448. The van der Waals surface area contributed by atoms with E-state index >= 15 is 0 Å². The summed E-state index contributed by atoms with van der Waals surface area (Å²) < 4.78 is 5.69. The molecule has 4 heteroatoms. The Balaban J connectivity index is 2.12. The lowest BCUT2D eigenvalue weighted by molar-refractivity contribution is -0.129. The highest BCUT2D eigenvalue weighted by molar-refractivity contribution is 5.96. The molecule has 0 aliphatic carbocycles. The molecule has 1 heterocycles. The van der Waals surface area contributed by atoms with Crippen LogP contribution in [0.2, 0.25) is 0 Å². The number of hydrogen-bond acceptors (Lipinski definition) is 3. The molecule has 19 heavy (non-hydrogen) atoms. The topological polar surface area (TPSA) is 55.6 Å². The van der Waals surface area contributed by atoms with E-state index in [0.717, 1.165) is 24.1 Å². The third-order valence-electron chi connectivity index (χ3n) is 3.54. The molecule has 1 saturated heterocycles. The van der Waals surface area contributed by atoms with Crippen LogP contribution >= 0.6 is 0 Å². The summed E-state index contributed by atoms with van der Waals surface area (Å²) in [5.74, 6) is 0.0454. The van der Waals surface area contributed by atoms with Gasteiger partial charge in [0.15, 0.2) is 0 Å². The molecule has 2 rings (SSSR count). The molecule has 1 amide bonds. The van der Waals surface area contributed by atoms with Crippen LogP contribution in [0, 0.1) is 6.92 Å². The molecule has 2 atom stereocenters. The fraction of sp³-hybridized carbons (Fsp3) is 0.533. The number of aryl methyl sites for hydroxylation is 1. The maximum atomic E-state index is 12.5. The number of rotatable bonds is 4. The van der Waals surface area contributed by atoms with Gasteiger partial charge < -0.3 is 15.4 Å². The zero-order valence-electron chi connectivity index (χ0n) is 11.6. The van der Waals surface area contributed by atoms with E-state index in [1.54, 1.807) is 4.90 Å². The molecule has 104 valence electrons. The fourth-order valence-corrected chi connectivity index (χ4v) is 2.50. The highest BCUT2D eigenvalue weighted by atomic mass is 16.5. The Morgan fingerprint density at radius 2 is 2.26 bits per heavy atom. The van der Waals surface area contributed by atoms with Gasteiger partial charge >= 0.3 is 0 Å². The first kappa shape index (κ1) is 14.0. The lowest BCUT2D eigenvalue weighted by Gasteiger charge is -2.24. The van der Waals surface area contributed by atoms with Crippen LogP contribution in [0.3, 0.4) is 0 Å². The standard InChI is InChI=1S/C15H22N2O2/c1-3-17(12-6-4-5-11(2)9-12)15(18)14-8-7-13(10-16)19-14/h4-6,9,13-14H,3,7-8,10,16H2,1-2H3/t13-,14+/m1/s1. The average Bonchev–Trinajstić information content (AvgIpc) is 2.88. The van der Waals surface area contributed by atoms with Crippen molar-refractivity contribution in [2.75, 3.05) is 18.0 Å². The summed E-state index contributed by atoms with van der Waals surface area (Å²) in [6, 6.07) is 7.98. The SMILES string of the molecule is CCN(C(=O)[C@@H]1CC[C@H](CN)O1)c1cccc(C)c1. The van der Waals surface area contributed by atoms with Crippen LogP contribution in [-0.4, -0.2) is 31.2 Å². The van der Waals surface area contributed by atoms with Gasteiger partial charge in [0.2, 0.25) is 0 Å². The van der Waals surface area contributed by atoms with Crippen molar-refractivity contribution in [3.8, 4) is 0 Å². The molecule has 1 fully saturated rings. The van der Waals surface area contributed by atoms with E-state index in [-0.39, 0.29) is 18.1 Å². The lowest BCUT2D eigenvalue weighted by Crippen LogP contribution is -2.39. The second kappa shape index (κ2) is 6.17. The zero-order chi connectivity index (χ0) is 13.8. The monoisotopic (exact) mass is 262 g/mol. The highest BCUT2D eigenvalue weighted by Crippen LogP contribution is 2.24. The summed E-state index contributed by atoms with van der Waals surface area (Å²) in [5, 5.41) is 0. The minimum atomic E-state index is -0.339. The van der Waals surface area contributed by atoms with Gasteiger partial charge in [-0.25, -0.2) is 0 Å². The number of benzene rings is 1. The van der Waals surface area contributed by atoms with Crippen LogP contribution in [0.1, 0.15) is 25.3 Å². The van der Waals surface area contributed by atoms with E-state index in [1.807, 2.05) is 38.1 Å². The van der Waals surface area contributed by atoms with Crippen molar-refractivity contribution in [1.29, 1.82) is 0 Å². The minimum Gasteiger partial charge on any atom is -0.364 e. The predicted octanol–water partition coefficient (Wildman–Crippen LogP) is 1.85. The minimum absolute atomic E-state index is 0.0326. The van der Waals surface area contributed by atoms with Gasteiger partial charge in [0, 0.05) is 18.8 Å². The molecular formula is C15H22N2O2. The molecule has 1 aliphatic rings. The van der Waals surface area contributed by atoms with Gasteiger partial charge in [0.05, 0.1) is 6.10 Å². The smallest absolute Gasteiger partial charge is 0.256 e. The summed E-state index contributed by atoms with van der Waals surface area (Å²) in [6.45, 7) is 5.14. The molecule has 4 nitrogen and oxygen atoms in total. The van der Waals surface area contributed by atoms with E-state index in [0.29, 0.717) is 13.1 Å². The van der Waals surface area contributed by atoms with Crippen molar-refractivity contribution in [2.45, 2.75) is 38.9 Å². The lowest BCUT2D eigenvalue weighted by atomic mass is 10.1. The molecule has 0 spiro atoms. The molecule has 1 aliphatic heterocycles. The second-order valence-corrected chi connectivity index (χ2v) is 4.98. The molecule has 0 unspecified atom stereocenters. The number of nitrogens with two attached hydrogens (primary N) is 1. The Hall–Kier alpha value is -1.39. The van der Waals surface area contributed by atoms with Gasteiger partial charge in [0.1, 0.15) is 6.10 Å². The number of hydrogen-bond donors (Lipinski definition) is 1. The third-order valence-corrected chi connectivity index (χ3v) is 3.54. The van der Waals surface area contributed by atoms with E-state index < -0.39 is 0 Å². The van der Waals surface area contributed by atoms with Crippen molar-refractivity contribution in [3.05, 3.63) is 29.8 Å². The normalized spacial score (nSPS) is 22.5. The van der Waals surface area contributed by atoms with Gasteiger partial charge in [-0.2, -0.15) is 0 Å². The van der Waals surface area contributed by atoms with Crippen molar-refractivity contribution < 1.29 is 9.53 Å². The Labute approximate surface area is 114 Å². The van der Waals surface area contributed by atoms with E-state index in [9.17, 15) is 4.79 Å². The maximum Gasteiger partial charge on any atom is 0.256 e. The third kappa shape index (κ3) is 3.14. The number of carbonyl (C=O) groups excluding carboxylic acids is 1. The van der Waals surface area contributed by atoms with Crippen molar-refractivity contribution in [2.24, 2.45) is 5.73 Å².